The van der Waals surface area contributed by atoms with Crippen molar-refractivity contribution in [2.75, 3.05) is 23.8 Å². The van der Waals surface area contributed by atoms with Crippen molar-refractivity contribution in [2.45, 2.75) is 27.2 Å². The van der Waals surface area contributed by atoms with Crippen LogP contribution >= 0.6 is 0 Å². The molecule has 0 aromatic heterocycles. The minimum Gasteiger partial charge on any atom is -0.492 e. The van der Waals surface area contributed by atoms with Gasteiger partial charge < -0.3 is 15.4 Å². The second-order valence-corrected chi connectivity index (χ2v) is 5.47. The van der Waals surface area contributed by atoms with Crippen LogP contribution in [0, 0.1) is 13.8 Å². The maximum Gasteiger partial charge on any atom is 0.226 e. The van der Waals surface area contributed by atoms with Gasteiger partial charge >= 0.3 is 0 Å². The molecule has 0 aliphatic heterocycles. The van der Waals surface area contributed by atoms with Crippen molar-refractivity contribution in [3.8, 4) is 5.75 Å². The van der Waals surface area contributed by atoms with Gasteiger partial charge in [-0.1, -0.05) is 29.8 Å². The van der Waals surface area contributed by atoms with Gasteiger partial charge in [0, 0.05) is 18.7 Å². The molecule has 4 heteroatoms. The first-order valence-electron chi connectivity index (χ1n) is 7.93. The summed E-state index contributed by atoms with van der Waals surface area (Å²) in [6.07, 6.45) is 0.397. The lowest BCUT2D eigenvalue weighted by atomic mass is 10.1. The number of anilines is 2. The molecule has 0 aliphatic rings. The number of rotatable bonds is 7. The van der Waals surface area contributed by atoms with Gasteiger partial charge in [0.2, 0.25) is 5.91 Å². The predicted molar refractivity (Wildman–Crippen MR) is 95.3 cm³/mol. The molecule has 0 bridgehead atoms. The van der Waals surface area contributed by atoms with Gasteiger partial charge in [0.05, 0.1) is 12.3 Å². The van der Waals surface area contributed by atoms with Crippen molar-refractivity contribution in [1.82, 2.24) is 0 Å². The number of hydrogen-bond donors (Lipinski definition) is 2. The van der Waals surface area contributed by atoms with Crippen molar-refractivity contribution < 1.29 is 9.53 Å². The molecular weight excluding hydrogens is 288 g/mol. The number of aryl methyl sites for hydroxylation is 2. The third kappa shape index (κ3) is 5.02. The first kappa shape index (κ1) is 16.9. The molecule has 0 saturated carbocycles. The smallest absolute Gasteiger partial charge is 0.226 e. The van der Waals surface area contributed by atoms with E-state index >= 15 is 0 Å². The van der Waals surface area contributed by atoms with Crippen molar-refractivity contribution in [3.05, 3.63) is 53.6 Å². The summed E-state index contributed by atoms with van der Waals surface area (Å²) in [4.78, 5) is 12.1. The second kappa shape index (κ2) is 8.22. The molecule has 0 radical (unpaired) electrons. The molecule has 2 N–H and O–H groups in total. The molecule has 0 saturated heterocycles. The number of carbonyl (C=O) groups is 1. The fourth-order valence-electron chi connectivity index (χ4n) is 2.39. The first-order chi connectivity index (χ1) is 11.1. The maximum atomic E-state index is 12.1. The normalized spacial score (nSPS) is 10.2. The van der Waals surface area contributed by atoms with Crippen LogP contribution in [0.25, 0.3) is 0 Å². The largest absolute Gasteiger partial charge is 0.492 e. The Labute approximate surface area is 137 Å². The number of ether oxygens (including phenoxy) is 1. The second-order valence-electron chi connectivity index (χ2n) is 5.47. The van der Waals surface area contributed by atoms with Crippen molar-refractivity contribution in [1.29, 1.82) is 0 Å². The fraction of sp³-hybridized carbons (Fsp3) is 0.316. The van der Waals surface area contributed by atoms with E-state index in [0.29, 0.717) is 31.0 Å². The third-order valence-corrected chi connectivity index (χ3v) is 3.51. The van der Waals surface area contributed by atoms with E-state index in [1.165, 1.54) is 11.1 Å². The molecule has 2 aromatic rings. The lowest BCUT2D eigenvalue weighted by Crippen LogP contribution is -2.17. The number of carbonyl (C=O) groups excluding carboxylic acids is 1. The average Bonchev–Trinajstić information content (AvgIpc) is 2.52. The lowest BCUT2D eigenvalue weighted by molar-refractivity contribution is -0.116. The van der Waals surface area contributed by atoms with Gasteiger partial charge in [-0.3, -0.25) is 4.79 Å². The van der Waals surface area contributed by atoms with Crippen molar-refractivity contribution >= 4 is 17.3 Å². The third-order valence-electron chi connectivity index (χ3n) is 3.51. The molecule has 0 fully saturated rings. The van der Waals surface area contributed by atoms with Crippen molar-refractivity contribution in [3.63, 3.8) is 0 Å². The Hall–Kier alpha value is -2.49. The quantitative estimate of drug-likeness (QED) is 0.808. The van der Waals surface area contributed by atoms with E-state index in [1.807, 2.05) is 37.3 Å². The molecular formula is C19H24N2O2. The van der Waals surface area contributed by atoms with E-state index in [4.69, 9.17) is 4.74 Å². The molecule has 2 aromatic carbocycles. The Balaban J connectivity index is 1.86. The van der Waals surface area contributed by atoms with Gasteiger partial charge in [-0.2, -0.15) is 0 Å². The topological polar surface area (TPSA) is 50.4 Å². The zero-order valence-electron chi connectivity index (χ0n) is 14.0. The number of amides is 1. The van der Waals surface area contributed by atoms with Crippen LogP contribution < -0.4 is 15.4 Å². The highest BCUT2D eigenvalue weighted by atomic mass is 16.5. The molecule has 0 aliphatic carbocycles. The first-order valence-corrected chi connectivity index (χ1v) is 7.93. The molecule has 0 heterocycles. The van der Waals surface area contributed by atoms with Crippen LogP contribution in [0.2, 0.25) is 0 Å². The summed E-state index contributed by atoms with van der Waals surface area (Å²) in [6, 6.07) is 13.7. The van der Waals surface area contributed by atoms with Crippen LogP contribution in [0.3, 0.4) is 0 Å². The van der Waals surface area contributed by atoms with E-state index in [1.54, 1.807) is 0 Å². The van der Waals surface area contributed by atoms with Crippen LogP contribution in [0.1, 0.15) is 24.5 Å². The molecule has 0 atom stereocenters. The summed E-state index contributed by atoms with van der Waals surface area (Å²) in [6.45, 7) is 7.22. The summed E-state index contributed by atoms with van der Waals surface area (Å²) >= 11 is 0. The standard InChI is InChI=1S/C19H24N2O2/c1-4-23-18-8-6-5-7-17(18)21-19(22)11-12-20-16-10-9-14(2)13-15(16)3/h5-10,13,20H,4,11-12H2,1-3H3,(H,21,22). The van der Waals surface area contributed by atoms with Gasteiger partial charge in [-0.25, -0.2) is 0 Å². The monoisotopic (exact) mass is 312 g/mol. The van der Waals surface area contributed by atoms with Crippen LogP contribution in [0.15, 0.2) is 42.5 Å². The summed E-state index contributed by atoms with van der Waals surface area (Å²) < 4.78 is 5.51. The summed E-state index contributed by atoms with van der Waals surface area (Å²) in [5.41, 5.74) is 4.20. The number of benzene rings is 2. The highest BCUT2D eigenvalue weighted by molar-refractivity contribution is 5.92. The Morgan fingerprint density at radius 2 is 1.87 bits per heavy atom. The van der Waals surface area contributed by atoms with Gasteiger partial charge in [0.15, 0.2) is 0 Å². The SMILES string of the molecule is CCOc1ccccc1NC(=O)CCNc1ccc(C)cc1C. The number of para-hydroxylation sites is 2. The minimum absolute atomic E-state index is 0.0329. The zero-order chi connectivity index (χ0) is 16.7. The van der Waals surface area contributed by atoms with Gasteiger partial charge in [0.25, 0.3) is 0 Å². The summed E-state index contributed by atoms with van der Waals surface area (Å²) in [5.74, 6) is 0.667. The zero-order valence-corrected chi connectivity index (χ0v) is 14.0. The van der Waals surface area contributed by atoms with E-state index < -0.39 is 0 Å². The maximum absolute atomic E-state index is 12.1. The van der Waals surface area contributed by atoms with E-state index in [2.05, 4.69) is 36.6 Å². The number of nitrogens with one attached hydrogen (secondary N) is 2. The van der Waals surface area contributed by atoms with Crippen LogP contribution in [-0.4, -0.2) is 19.1 Å². The highest BCUT2D eigenvalue weighted by Gasteiger charge is 2.07. The molecule has 23 heavy (non-hydrogen) atoms. The highest BCUT2D eigenvalue weighted by Crippen LogP contribution is 2.23. The fourth-order valence-corrected chi connectivity index (χ4v) is 2.39. The molecule has 4 nitrogen and oxygen atoms in total. The average molecular weight is 312 g/mol. The Kier molecular flexibility index (Phi) is 6.03. The predicted octanol–water partition coefficient (Wildman–Crippen LogP) is 4.14. The molecule has 2 rings (SSSR count). The lowest BCUT2D eigenvalue weighted by Gasteiger charge is -2.12. The Bertz CT molecular complexity index is 668. The van der Waals surface area contributed by atoms with E-state index in [9.17, 15) is 4.79 Å². The Morgan fingerprint density at radius 3 is 2.61 bits per heavy atom. The minimum atomic E-state index is -0.0329. The molecule has 0 spiro atoms. The van der Waals surface area contributed by atoms with Crippen LogP contribution in [0.5, 0.6) is 5.75 Å². The van der Waals surface area contributed by atoms with Gasteiger partial charge in [0.1, 0.15) is 5.75 Å². The van der Waals surface area contributed by atoms with E-state index in [0.717, 1.165) is 5.69 Å². The number of hydrogen-bond acceptors (Lipinski definition) is 3. The van der Waals surface area contributed by atoms with Crippen LogP contribution in [0.4, 0.5) is 11.4 Å². The van der Waals surface area contributed by atoms with Gasteiger partial charge in [-0.15, -0.1) is 0 Å². The summed E-state index contributed by atoms with van der Waals surface area (Å²) in [5, 5.41) is 6.21. The Morgan fingerprint density at radius 1 is 1.09 bits per heavy atom. The summed E-state index contributed by atoms with van der Waals surface area (Å²) in [7, 11) is 0. The van der Waals surface area contributed by atoms with E-state index in [-0.39, 0.29) is 5.91 Å². The van der Waals surface area contributed by atoms with Crippen molar-refractivity contribution in [2.24, 2.45) is 0 Å². The van der Waals surface area contributed by atoms with Gasteiger partial charge in [-0.05, 0) is 44.5 Å². The molecule has 1 amide bonds. The molecule has 0 unspecified atom stereocenters. The molecule has 122 valence electrons. The van der Waals surface area contributed by atoms with Crippen LogP contribution in [-0.2, 0) is 4.79 Å².